The van der Waals surface area contributed by atoms with Crippen molar-refractivity contribution in [2.75, 3.05) is 0 Å². The summed E-state index contributed by atoms with van der Waals surface area (Å²) in [4.78, 5) is 0. The van der Waals surface area contributed by atoms with Gasteiger partial charge in [0.15, 0.2) is 5.69 Å². The van der Waals surface area contributed by atoms with Gasteiger partial charge in [-0.3, -0.25) is 4.68 Å². The maximum atomic E-state index is 12.7. The predicted octanol–water partition coefficient (Wildman–Crippen LogP) is 2.23. The quantitative estimate of drug-likeness (QED) is 0.873. The first kappa shape index (κ1) is 16.0. The molecule has 9 heteroatoms. The second-order valence-corrected chi connectivity index (χ2v) is 6.80. The van der Waals surface area contributed by atoms with Crippen LogP contribution >= 0.6 is 0 Å². The summed E-state index contributed by atoms with van der Waals surface area (Å²) >= 11 is 0. The number of halogens is 3. The van der Waals surface area contributed by atoms with Gasteiger partial charge in [0, 0.05) is 23.1 Å². The van der Waals surface area contributed by atoms with Crippen LogP contribution in [0.1, 0.15) is 37.1 Å². The molecule has 1 saturated carbocycles. The van der Waals surface area contributed by atoms with Crippen molar-refractivity contribution in [1.82, 2.24) is 14.5 Å². The van der Waals surface area contributed by atoms with Crippen molar-refractivity contribution in [3.05, 3.63) is 29.4 Å². The average molecular weight is 323 g/mol. The molecule has 0 bridgehead atoms. The normalized spacial score (nSPS) is 17.7. The van der Waals surface area contributed by atoms with Gasteiger partial charge in [-0.2, -0.15) is 18.3 Å². The molecule has 1 fully saturated rings. The fraction of sp³-hybridized carbons (Fsp3) is 0.583. The molecule has 1 aromatic heterocycles. The number of alkyl halides is 3. The van der Waals surface area contributed by atoms with E-state index in [-0.39, 0.29) is 12.5 Å². The highest BCUT2D eigenvalue weighted by molar-refractivity contribution is 7.92. The third-order valence-corrected chi connectivity index (χ3v) is 4.30. The highest BCUT2D eigenvalue weighted by Gasteiger charge is 2.38. The Labute approximate surface area is 120 Å². The summed E-state index contributed by atoms with van der Waals surface area (Å²) in [5.74, 6) is 0.0804. The number of hydrogen-bond donors (Lipinski definition) is 1. The SMILES string of the molecule is C=CS(=O)(=O)NC(C)Cn1nc(C(F)(F)F)cc1C1CC1. The zero-order chi connectivity index (χ0) is 15.8. The summed E-state index contributed by atoms with van der Waals surface area (Å²) < 4.78 is 64.4. The van der Waals surface area contributed by atoms with Crippen LogP contribution in [0.3, 0.4) is 0 Å². The Morgan fingerprint density at radius 3 is 2.67 bits per heavy atom. The van der Waals surface area contributed by atoms with Gasteiger partial charge in [-0.25, -0.2) is 13.1 Å². The van der Waals surface area contributed by atoms with E-state index in [0.29, 0.717) is 5.69 Å². The number of hydrogen-bond acceptors (Lipinski definition) is 3. The molecule has 118 valence electrons. The number of nitrogens with one attached hydrogen (secondary N) is 1. The highest BCUT2D eigenvalue weighted by Crippen LogP contribution is 2.42. The van der Waals surface area contributed by atoms with E-state index in [9.17, 15) is 21.6 Å². The van der Waals surface area contributed by atoms with Crippen LogP contribution in [0.15, 0.2) is 18.1 Å². The second-order valence-electron chi connectivity index (χ2n) is 5.14. The summed E-state index contributed by atoms with van der Waals surface area (Å²) in [5, 5.41) is 4.33. The molecule has 1 heterocycles. The van der Waals surface area contributed by atoms with Crippen LogP contribution in [0.2, 0.25) is 0 Å². The molecule has 0 saturated heterocycles. The van der Waals surface area contributed by atoms with Crippen molar-refractivity contribution in [2.24, 2.45) is 0 Å². The fourth-order valence-electron chi connectivity index (χ4n) is 2.05. The van der Waals surface area contributed by atoms with E-state index in [1.54, 1.807) is 6.92 Å². The molecule has 21 heavy (non-hydrogen) atoms. The summed E-state index contributed by atoms with van der Waals surface area (Å²) in [7, 11) is -3.63. The van der Waals surface area contributed by atoms with Gasteiger partial charge in [0.2, 0.25) is 10.0 Å². The highest BCUT2D eigenvalue weighted by atomic mass is 32.2. The van der Waals surface area contributed by atoms with Crippen LogP contribution in [0, 0.1) is 0 Å². The van der Waals surface area contributed by atoms with Crippen LogP contribution in [0.25, 0.3) is 0 Å². The van der Waals surface area contributed by atoms with Crippen molar-refractivity contribution < 1.29 is 21.6 Å². The molecular formula is C12H16F3N3O2S. The lowest BCUT2D eigenvalue weighted by molar-refractivity contribution is -0.141. The summed E-state index contributed by atoms with van der Waals surface area (Å²) in [6.07, 6.45) is -2.84. The monoisotopic (exact) mass is 323 g/mol. The van der Waals surface area contributed by atoms with E-state index < -0.39 is 27.9 Å². The summed E-state index contributed by atoms with van der Waals surface area (Å²) in [6, 6.07) is 0.457. The van der Waals surface area contributed by atoms with E-state index in [2.05, 4.69) is 16.4 Å². The minimum Gasteiger partial charge on any atom is -0.267 e. The van der Waals surface area contributed by atoms with E-state index >= 15 is 0 Å². The lowest BCUT2D eigenvalue weighted by Crippen LogP contribution is -2.35. The van der Waals surface area contributed by atoms with Crippen LogP contribution in [-0.4, -0.2) is 24.2 Å². The largest absolute Gasteiger partial charge is 0.435 e. The molecule has 1 aliphatic rings. The summed E-state index contributed by atoms with van der Waals surface area (Å²) in [5.41, 5.74) is -0.435. The zero-order valence-electron chi connectivity index (χ0n) is 11.4. The van der Waals surface area contributed by atoms with Crippen LogP contribution in [-0.2, 0) is 22.7 Å². The molecule has 1 unspecified atom stereocenters. The van der Waals surface area contributed by atoms with E-state index in [4.69, 9.17) is 0 Å². The topological polar surface area (TPSA) is 64.0 Å². The number of rotatable bonds is 6. The smallest absolute Gasteiger partial charge is 0.267 e. The molecular weight excluding hydrogens is 307 g/mol. The van der Waals surface area contributed by atoms with Crippen molar-refractivity contribution >= 4 is 10.0 Å². The molecule has 0 radical (unpaired) electrons. The first-order valence-electron chi connectivity index (χ1n) is 6.42. The Morgan fingerprint density at radius 2 is 2.19 bits per heavy atom. The van der Waals surface area contributed by atoms with E-state index in [1.807, 2.05) is 0 Å². The van der Waals surface area contributed by atoms with Crippen LogP contribution in [0.4, 0.5) is 13.2 Å². The van der Waals surface area contributed by atoms with Crippen molar-refractivity contribution in [1.29, 1.82) is 0 Å². The fourth-order valence-corrected chi connectivity index (χ4v) is 2.78. The molecule has 0 aliphatic heterocycles. The molecule has 1 aliphatic carbocycles. The third-order valence-electron chi connectivity index (χ3n) is 3.13. The first-order chi connectivity index (χ1) is 9.62. The Morgan fingerprint density at radius 1 is 1.57 bits per heavy atom. The van der Waals surface area contributed by atoms with Gasteiger partial charge in [0.25, 0.3) is 0 Å². The Balaban J connectivity index is 2.19. The van der Waals surface area contributed by atoms with Gasteiger partial charge in [0.1, 0.15) is 0 Å². The lowest BCUT2D eigenvalue weighted by Gasteiger charge is -2.14. The van der Waals surface area contributed by atoms with Crippen LogP contribution in [0.5, 0.6) is 0 Å². The Bertz CT molecular complexity index is 633. The molecule has 1 N–H and O–H groups in total. The van der Waals surface area contributed by atoms with Crippen molar-refractivity contribution in [3.63, 3.8) is 0 Å². The number of aromatic nitrogens is 2. The van der Waals surface area contributed by atoms with Gasteiger partial charge in [0.05, 0.1) is 6.54 Å². The maximum Gasteiger partial charge on any atom is 0.435 e. The molecule has 0 aromatic carbocycles. The summed E-state index contributed by atoms with van der Waals surface area (Å²) in [6.45, 7) is 4.76. The Kier molecular flexibility index (Phi) is 4.16. The average Bonchev–Trinajstić information content (AvgIpc) is 3.09. The third kappa shape index (κ3) is 4.07. The van der Waals surface area contributed by atoms with E-state index in [0.717, 1.165) is 24.3 Å². The van der Waals surface area contributed by atoms with Gasteiger partial charge in [-0.05, 0) is 25.8 Å². The molecule has 1 atom stereocenters. The molecule has 1 aromatic rings. The van der Waals surface area contributed by atoms with Gasteiger partial charge in [-0.1, -0.05) is 6.58 Å². The zero-order valence-corrected chi connectivity index (χ0v) is 12.2. The standard InChI is InChI=1S/C12H16F3N3O2S/c1-3-21(19,20)17-8(2)7-18-10(9-4-5-9)6-11(16-18)12(13,14)15/h3,6,8-9,17H,1,4-5,7H2,2H3. The van der Waals surface area contributed by atoms with Crippen molar-refractivity contribution in [3.8, 4) is 0 Å². The second kappa shape index (κ2) is 5.45. The number of nitrogens with zero attached hydrogens (tertiary/aromatic N) is 2. The molecule has 2 rings (SSSR count). The number of sulfonamides is 1. The maximum absolute atomic E-state index is 12.7. The molecule has 5 nitrogen and oxygen atoms in total. The molecule has 0 spiro atoms. The van der Waals surface area contributed by atoms with Crippen LogP contribution < -0.4 is 4.72 Å². The van der Waals surface area contributed by atoms with Gasteiger partial charge >= 0.3 is 6.18 Å². The lowest BCUT2D eigenvalue weighted by atomic mass is 10.2. The van der Waals surface area contributed by atoms with Crippen molar-refractivity contribution in [2.45, 2.75) is 44.4 Å². The van der Waals surface area contributed by atoms with Gasteiger partial charge in [-0.15, -0.1) is 0 Å². The Hall–Kier alpha value is -1.35. The first-order valence-corrected chi connectivity index (χ1v) is 7.96. The predicted molar refractivity (Wildman–Crippen MR) is 70.9 cm³/mol. The van der Waals surface area contributed by atoms with E-state index in [1.165, 1.54) is 4.68 Å². The minimum absolute atomic E-state index is 0.0367. The van der Waals surface area contributed by atoms with Gasteiger partial charge < -0.3 is 0 Å². The minimum atomic E-state index is -4.50. The molecule has 0 amide bonds.